The van der Waals surface area contributed by atoms with Gasteiger partial charge >= 0.3 is 0 Å². The fourth-order valence-corrected chi connectivity index (χ4v) is 3.97. The van der Waals surface area contributed by atoms with Gasteiger partial charge in [-0.2, -0.15) is 0 Å². The van der Waals surface area contributed by atoms with Crippen molar-refractivity contribution in [2.45, 2.75) is 37.8 Å². The van der Waals surface area contributed by atoms with E-state index in [1.54, 1.807) is 19.6 Å². The first-order valence-electron chi connectivity index (χ1n) is 9.56. The molecule has 4 rings (SSSR count). The first kappa shape index (κ1) is 18.6. The molecule has 0 atom stereocenters. The third-order valence-electron chi connectivity index (χ3n) is 5.40. The van der Waals surface area contributed by atoms with Crippen LogP contribution in [0.5, 0.6) is 0 Å². The number of aromatic nitrogens is 4. The number of fused-ring (bicyclic) bond motifs is 1. The first-order valence-corrected chi connectivity index (χ1v) is 9.56. The smallest absolute Gasteiger partial charge is 0.250 e. The second-order valence-electron chi connectivity index (χ2n) is 7.14. The molecule has 2 N–H and O–H groups in total. The highest BCUT2D eigenvalue weighted by Crippen LogP contribution is 2.34. The second-order valence-corrected chi connectivity index (χ2v) is 7.14. The first-order chi connectivity index (χ1) is 13.7. The molecule has 148 valence electrons. The number of ether oxygens (including phenoxy) is 2. The number of imidazole rings is 2. The predicted molar refractivity (Wildman–Crippen MR) is 104 cm³/mol. The van der Waals surface area contributed by atoms with Crippen molar-refractivity contribution in [3.63, 3.8) is 0 Å². The summed E-state index contributed by atoms with van der Waals surface area (Å²) in [6, 6.07) is 4.05. The van der Waals surface area contributed by atoms with Crippen LogP contribution in [0.3, 0.4) is 0 Å². The summed E-state index contributed by atoms with van der Waals surface area (Å²) < 4.78 is 14.9. The van der Waals surface area contributed by atoms with Crippen LogP contribution in [-0.4, -0.2) is 51.4 Å². The number of nitrogens with zero attached hydrogens (tertiary/aromatic N) is 4. The molecule has 1 fully saturated rings. The summed E-state index contributed by atoms with van der Waals surface area (Å²) >= 11 is 0. The molecule has 28 heavy (non-hydrogen) atoms. The topological polar surface area (TPSA) is 97.2 Å². The van der Waals surface area contributed by atoms with Gasteiger partial charge in [0.25, 0.3) is 5.91 Å². The number of carbonyl (C=O) groups excluding carboxylic acids is 1. The summed E-state index contributed by atoms with van der Waals surface area (Å²) in [6.07, 6.45) is 11.2. The monoisotopic (exact) mass is 383 g/mol. The Kier molecular flexibility index (Phi) is 5.40. The lowest BCUT2D eigenvalue weighted by atomic mass is 9.92. The lowest BCUT2D eigenvalue weighted by Crippen LogP contribution is -2.25. The molecule has 0 aliphatic heterocycles. The number of carbonyl (C=O) groups is 1. The Hall–Kier alpha value is -2.71. The van der Waals surface area contributed by atoms with Gasteiger partial charge in [0.15, 0.2) is 0 Å². The van der Waals surface area contributed by atoms with Gasteiger partial charge in [0, 0.05) is 31.2 Å². The Labute approximate surface area is 163 Å². The van der Waals surface area contributed by atoms with Gasteiger partial charge < -0.3 is 24.3 Å². The maximum atomic E-state index is 12.2. The van der Waals surface area contributed by atoms with Crippen LogP contribution in [0.2, 0.25) is 0 Å². The van der Waals surface area contributed by atoms with E-state index in [2.05, 4.69) is 14.5 Å². The number of benzene rings is 1. The zero-order chi connectivity index (χ0) is 19.5. The van der Waals surface area contributed by atoms with Crippen LogP contribution in [0, 0.1) is 0 Å². The van der Waals surface area contributed by atoms with E-state index in [0.717, 1.165) is 42.4 Å². The summed E-state index contributed by atoms with van der Waals surface area (Å²) in [7, 11) is 1.68. The van der Waals surface area contributed by atoms with Crippen molar-refractivity contribution in [3.05, 3.63) is 42.7 Å². The highest BCUT2D eigenvalue weighted by atomic mass is 16.5. The molecule has 8 heteroatoms. The SMILES string of the molecule is COCCOC1CCC(n2cnc3cc(-n4ccnc4)cc(C(N)=O)c32)CC1. The molecule has 2 heterocycles. The molecule has 8 nitrogen and oxygen atoms in total. The van der Waals surface area contributed by atoms with Gasteiger partial charge in [-0.05, 0) is 37.8 Å². The zero-order valence-electron chi connectivity index (χ0n) is 16.0. The zero-order valence-corrected chi connectivity index (χ0v) is 16.0. The van der Waals surface area contributed by atoms with Crippen molar-refractivity contribution in [1.82, 2.24) is 19.1 Å². The molecule has 3 aromatic rings. The third-order valence-corrected chi connectivity index (χ3v) is 5.40. The van der Waals surface area contributed by atoms with Crippen molar-refractivity contribution < 1.29 is 14.3 Å². The molecule has 0 saturated heterocycles. The number of primary amides is 1. The number of methoxy groups -OCH3 is 1. The van der Waals surface area contributed by atoms with E-state index in [9.17, 15) is 4.79 Å². The number of hydrogen-bond acceptors (Lipinski definition) is 5. The minimum absolute atomic E-state index is 0.268. The summed E-state index contributed by atoms with van der Waals surface area (Å²) in [5.41, 5.74) is 8.58. The average Bonchev–Trinajstić information content (AvgIpc) is 3.38. The van der Waals surface area contributed by atoms with E-state index >= 15 is 0 Å². The van der Waals surface area contributed by atoms with Gasteiger partial charge in [0.05, 0.1) is 48.6 Å². The van der Waals surface area contributed by atoms with Crippen molar-refractivity contribution >= 4 is 16.9 Å². The van der Waals surface area contributed by atoms with Gasteiger partial charge in [-0.15, -0.1) is 0 Å². The molecule has 1 saturated carbocycles. The standard InChI is InChI=1S/C20H25N5O3/c1-27-8-9-28-16-4-2-14(3-5-16)25-13-23-18-11-15(24-7-6-22-12-24)10-17(19(18)25)20(21)26/h6-7,10-14,16H,2-5,8-9H2,1H3,(H2,21,26). The predicted octanol–water partition coefficient (Wildman–Crippen LogP) is 2.47. The van der Waals surface area contributed by atoms with Gasteiger partial charge in [-0.1, -0.05) is 0 Å². The molecule has 1 aromatic carbocycles. The Morgan fingerprint density at radius 2 is 2.04 bits per heavy atom. The largest absolute Gasteiger partial charge is 0.382 e. The summed E-state index contributed by atoms with van der Waals surface area (Å²) in [5.74, 6) is -0.453. The highest BCUT2D eigenvalue weighted by molar-refractivity contribution is 6.05. The molecular weight excluding hydrogens is 358 g/mol. The average molecular weight is 383 g/mol. The molecule has 1 aliphatic carbocycles. The Morgan fingerprint density at radius 3 is 2.71 bits per heavy atom. The van der Waals surface area contributed by atoms with Gasteiger partial charge in [0.2, 0.25) is 0 Å². The maximum Gasteiger partial charge on any atom is 0.250 e. The van der Waals surface area contributed by atoms with Gasteiger partial charge in [0.1, 0.15) is 0 Å². The van der Waals surface area contributed by atoms with Crippen LogP contribution < -0.4 is 5.73 Å². The molecule has 0 bridgehead atoms. The van der Waals surface area contributed by atoms with E-state index in [1.165, 1.54) is 0 Å². The van der Waals surface area contributed by atoms with Crippen LogP contribution in [0.15, 0.2) is 37.2 Å². The lowest BCUT2D eigenvalue weighted by Gasteiger charge is -2.30. The van der Waals surface area contributed by atoms with E-state index in [1.807, 2.05) is 29.2 Å². The quantitative estimate of drug-likeness (QED) is 0.632. The number of hydrogen-bond donors (Lipinski definition) is 1. The molecule has 0 unspecified atom stereocenters. The van der Waals surface area contributed by atoms with E-state index < -0.39 is 5.91 Å². The lowest BCUT2D eigenvalue weighted by molar-refractivity contribution is -0.00623. The molecule has 0 spiro atoms. The number of nitrogens with two attached hydrogens (primary N) is 1. The molecule has 1 amide bonds. The van der Waals surface area contributed by atoms with Gasteiger partial charge in [-0.25, -0.2) is 9.97 Å². The minimum Gasteiger partial charge on any atom is -0.382 e. The van der Waals surface area contributed by atoms with Crippen LogP contribution in [-0.2, 0) is 9.47 Å². The highest BCUT2D eigenvalue weighted by Gasteiger charge is 2.25. The van der Waals surface area contributed by atoms with E-state index in [4.69, 9.17) is 15.2 Å². The number of rotatable bonds is 7. The Morgan fingerprint density at radius 1 is 1.21 bits per heavy atom. The van der Waals surface area contributed by atoms with Crippen LogP contribution in [0.1, 0.15) is 42.1 Å². The molecule has 1 aliphatic rings. The van der Waals surface area contributed by atoms with Crippen molar-refractivity contribution in [2.24, 2.45) is 5.73 Å². The summed E-state index contributed by atoms with van der Waals surface area (Å²) in [4.78, 5) is 20.8. The molecule has 2 aromatic heterocycles. The minimum atomic E-state index is -0.453. The summed E-state index contributed by atoms with van der Waals surface area (Å²) in [5, 5.41) is 0. The maximum absolute atomic E-state index is 12.2. The summed E-state index contributed by atoms with van der Waals surface area (Å²) in [6.45, 7) is 1.25. The van der Waals surface area contributed by atoms with Crippen molar-refractivity contribution in [1.29, 1.82) is 0 Å². The van der Waals surface area contributed by atoms with Crippen molar-refractivity contribution in [3.8, 4) is 5.69 Å². The van der Waals surface area contributed by atoms with Gasteiger partial charge in [-0.3, -0.25) is 4.79 Å². The van der Waals surface area contributed by atoms with Crippen LogP contribution in [0.25, 0.3) is 16.7 Å². The Balaban J connectivity index is 1.60. The number of amides is 1. The van der Waals surface area contributed by atoms with E-state index in [-0.39, 0.29) is 12.1 Å². The third kappa shape index (κ3) is 3.65. The second kappa shape index (κ2) is 8.12. The normalized spacial score (nSPS) is 19.9. The Bertz CT molecular complexity index is 942. The molecule has 0 radical (unpaired) electrons. The van der Waals surface area contributed by atoms with E-state index in [0.29, 0.717) is 18.8 Å². The fraction of sp³-hybridized carbons (Fsp3) is 0.450. The van der Waals surface area contributed by atoms with Crippen molar-refractivity contribution in [2.75, 3.05) is 20.3 Å². The van der Waals surface area contributed by atoms with Crippen LogP contribution >= 0.6 is 0 Å². The molecular formula is C20H25N5O3. The van der Waals surface area contributed by atoms with Crippen LogP contribution in [0.4, 0.5) is 0 Å². The fourth-order valence-electron chi connectivity index (χ4n) is 3.97.